The zero-order chi connectivity index (χ0) is 44.0. The third-order valence-electron chi connectivity index (χ3n) is 11.3. The summed E-state index contributed by atoms with van der Waals surface area (Å²) in [5, 5.41) is 14.2. The summed E-state index contributed by atoms with van der Waals surface area (Å²) in [5.74, 6) is 2.10. The van der Waals surface area contributed by atoms with Gasteiger partial charge in [0.1, 0.15) is 52.7 Å². The predicted molar refractivity (Wildman–Crippen MR) is 244 cm³/mol. The van der Waals surface area contributed by atoms with Crippen molar-refractivity contribution in [2.45, 2.75) is 64.0 Å². The van der Waals surface area contributed by atoms with E-state index in [1.165, 1.54) is 12.7 Å². The number of allylic oxidation sites excluding steroid dienone is 1. The highest BCUT2D eigenvalue weighted by Gasteiger charge is 2.28. The van der Waals surface area contributed by atoms with Crippen molar-refractivity contribution in [3.05, 3.63) is 97.6 Å². The van der Waals surface area contributed by atoms with Crippen LogP contribution in [0.5, 0.6) is 11.5 Å². The molecule has 1 atom stereocenters. The first-order valence-corrected chi connectivity index (χ1v) is 21.5. The van der Waals surface area contributed by atoms with Crippen LogP contribution < -0.4 is 27.3 Å². The van der Waals surface area contributed by atoms with Crippen LogP contribution in [0.4, 0.5) is 17.7 Å². The fraction of sp³-hybridized carbons (Fsp3) is 0.283. The standard InChI is InChI=1S/C46H48N14O4/c47-42-38-41(30-18-21-35-34(25-30)55-46(49)64-35)56-59(44(38)53-27-51-42)24-9-7-14-36(61)50-22-8-2-1-6-15-37(62)58-23-10-11-31(26-58)60-45-39(43(48)52-28-54-45)40(57-60)29-16-19-33(20-17-29)63-32-12-4-3-5-13-32/h3-6,12-13,15-21,25,27-28,31H,1-2,7-11,14,22-24,26H2,(H2,49,55)(H,50,61)(H2,47,51,53)(H2,48,52,54)/b15-6+/t31-/m1/s1. The Bertz CT molecular complexity index is 2960. The number of amides is 2. The molecule has 326 valence electrons. The lowest BCUT2D eigenvalue weighted by Gasteiger charge is -2.32. The smallest absolute Gasteiger partial charge is 0.292 e. The number of piperidine rings is 1. The summed E-state index contributed by atoms with van der Waals surface area (Å²) in [6.45, 7) is 2.28. The number of hydrogen-bond donors (Lipinski definition) is 4. The van der Waals surface area contributed by atoms with Crippen molar-refractivity contribution in [2.24, 2.45) is 0 Å². The summed E-state index contributed by atoms with van der Waals surface area (Å²) >= 11 is 0. The molecular weight excluding hydrogens is 813 g/mol. The van der Waals surface area contributed by atoms with E-state index < -0.39 is 0 Å². The minimum absolute atomic E-state index is 0.000662. The summed E-state index contributed by atoms with van der Waals surface area (Å²) in [5.41, 5.74) is 23.8. The van der Waals surface area contributed by atoms with Crippen molar-refractivity contribution in [1.82, 2.24) is 54.7 Å². The molecule has 18 heteroatoms. The Balaban J connectivity index is 0.717. The average Bonchev–Trinajstić information content (AvgIpc) is 4.01. The van der Waals surface area contributed by atoms with Crippen molar-refractivity contribution < 1.29 is 18.7 Å². The molecule has 8 aromatic rings. The van der Waals surface area contributed by atoms with E-state index >= 15 is 0 Å². The number of aromatic nitrogens is 9. The fourth-order valence-electron chi connectivity index (χ4n) is 8.13. The lowest BCUT2D eigenvalue weighted by Crippen LogP contribution is -2.40. The number of carbonyl (C=O) groups excluding carboxylic acids is 2. The minimum atomic E-state index is -0.0819. The van der Waals surface area contributed by atoms with E-state index in [1.807, 2.05) is 82.4 Å². The summed E-state index contributed by atoms with van der Waals surface area (Å²) < 4.78 is 15.1. The van der Waals surface area contributed by atoms with Crippen LogP contribution in [0.15, 0.2) is 102 Å². The van der Waals surface area contributed by atoms with Crippen LogP contribution in [0, 0.1) is 0 Å². The number of benzene rings is 3. The minimum Gasteiger partial charge on any atom is -0.457 e. The lowest BCUT2D eigenvalue weighted by molar-refractivity contribution is -0.127. The number of nitrogen functional groups attached to an aromatic ring is 3. The molecule has 7 N–H and O–H groups in total. The molecule has 64 heavy (non-hydrogen) atoms. The van der Waals surface area contributed by atoms with Gasteiger partial charge in [0.05, 0.1) is 16.8 Å². The van der Waals surface area contributed by atoms with E-state index in [0.29, 0.717) is 107 Å². The molecule has 5 aromatic heterocycles. The summed E-state index contributed by atoms with van der Waals surface area (Å²) in [6.07, 6.45) is 12.3. The van der Waals surface area contributed by atoms with Gasteiger partial charge in [0.2, 0.25) is 11.8 Å². The second-order valence-electron chi connectivity index (χ2n) is 15.7. The molecule has 2 amide bonds. The van der Waals surface area contributed by atoms with Gasteiger partial charge in [0.15, 0.2) is 16.9 Å². The maximum Gasteiger partial charge on any atom is 0.292 e. The largest absolute Gasteiger partial charge is 0.457 e. The van der Waals surface area contributed by atoms with Gasteiger partial charge in [-0.15, -0.1) is 0 Å². The quantitative estimate of drug-likeness (QED) is 0.0573. The molecule has 0 radical (unpaired) electrons. The second kappa shape index (κ2) is 18.6. The molecule has 0 bridgehead atoms. The zero-order valence-corrected chi connectivity index (χ0v) is 35.1. The van der Waals surface area contributed by atoms with E-state index in [9.17, 15) is 9.59 Å². The number of oxazole rings is 1. The SMILES string of the molecule is Nc1nc2cc(-c3nn(CCCCC(=O)NCCCC/C=C/C(=O)N4CCC[C@@H](n5nc(-c6ccc(Oc7ccccc7)cc6)c6c(N)ncnc65)C4)c4ncnc(N)c34)ccc2o1. The number of nitrogens with two attached hydrogens (primary N) is 3. The van der Waals surface area contributed by atoms with Crippen LogP contribution in [0.2, 0.25) is 0 Å². The van der Waals surface area contributed by atoms with Crippen molar-refractivity contribution in [3.8, 4) is 34.0 Å². The Hall–Kier alpha value is -7.89. The first kappa shape index (κ1) is 41.5. The third-order valence-corrected chi connectivity index (χ3v) is 11.3. The number of ether oxygens (including phenoxy) is 1. The van der Waals surface area contributed by atoms with Gasteiger partial charge in [-0.25, -0.2) is 29.3 Å². The maximum absolute atomic E-state index is 13.3. The molecular formula is C46H48N14O4. The maximum atomic E-state index is 13.3. The average molecular weight is 861 g/mol. The van der Waals surface area contributed by atoms with Crippen LogP contribution in [0.1, 0.15) is 57.4 Å². The van der Waals surface area contributed by atoms with Crippen molar-refractivity contribution in [2.75, 3.05) is 36.8 Å². The molecule has 1 aliphatic rings. The molecule has 0 spiro atoms. The number of nitrogens with zero attached hydrogens (tertiary/aromatic N) is 10. The Morgan fingerprint density at radius 2 is 1.55 bits per heavy atom. The third kappa shape index (κ3) is 9.02. The molecule has 0 unspecified atom stereocenters. The second-order valence-corrected chi connectivity index (χ2v) is 15.7. The number of fused-ring (bicyclic) bond motifs is 3. The van der Waals surface area contributed by atoms with E-state index in [0.717, 1.165) is 49.0 Å². The van der Waals surface area contributed by atoms with Crippen molar-refractivity contribution in [3.63, 3.8) is 0 Å². The fourth-order valence-corrected chi connectivity index (χ4v) is 8.13. The molecule has 1 fully saturated rings. The Labute approximate surface area is 367 Å². The van der Waals surface area contributed by atoms with Gasteiger partial charge in [-0.05, 0) is 106 Å². The zero-order valence-electron chi connectivity index (χ0n) is 35.1. The number of hydrogen-bond acceptors (Lipinski definition) is 14. The number of para-hydroxylation sites is 1. The van der Waals surface area contributed by atoms with Crippen LogP contribution >= 0.6 is 0 Å². The number of rotatable bonds is 16. The molecule has 0 aliphatic carbocycles. The number of nitrogens with one attached hydrogen (secondary N) is 1. The molecule has 1 aliphatic heterocycles. The molecule has 6 heterocycles. The highest BCUT2D eigenvalue weighted by Crippen LogP contribution is 2.36. The number of likely N-dealkylation sites (tertiary alicyclic amines) is 1. The molecule has 18 nitrogen and oxygen atoms in total. The Morgan fingerprint density at radius 1 is 0.812 bits per heavy atom. The van der Waals surface area contributed by atoms with Gasteiger partial charge in [0, 0.05) is 43.7 Å². The normalized spacial score (nSPS) is 14.2. The first-order valence-electron chi connectivity index (χ1n) is 21.5. The number of unbranched alkanes of at least 4 members (excludes halogenated alkanes) is 3. The predicted octanol–water partition coefficient (Wildman–Crippen LogP) is 6.86. The summed E-state index contributed by atoms with van der Waals surface area (Å²) in [6, 6.07) is 22.8. The van der Waals surface area contributed by atoms with E-state index in [2.05, 4.69) is 30.2 Å². The van der Waals surface area contributed by atoms with E-state index in [4.69, 9.17) is 36.6 Å². The Kier molecular flexibility index (Phi) is 12.1. The lowest BCUT2D eigenvalue weighted by atomic mass is 10.1. The van der Waals surface area contributed by atoms with Gasteiger partial charge in [-0.1, -0.05) is 24.3 Å². The molecule has 1 saturated heterocycles. The first-order chi connectivity index (χ1) is 31.3. The van der Waals surface area contributed by atoms with Crippen LogP contribution in [-0.4, -0.2) is 80.8 Å². The van der Waals surface area contributed by atoms with Crippen LogP contribution in [-0.2, 0) is 16.1 Å². The highest BCUT2D eigenvalue weighted by molar-refractivity contribution is 6.00. The topological polar surface area (TPSA) is 250 Å². The van der Waals surface area contributed by atoms with Crippen LogP contribution in [0.3, 0.4) is 0 Å². The number of aryl methyl sites for hydroxylation is 1. The highest BCUT2D eigenvalue weighted by atomic mass is 16.5. The number of carbonyl (C=O) groups is 2. The molecule has 0 saturated carbocycles. The van der Waals surface area contributed by atoms with Gasteiger partial charge >= 0.3 is 0 Å². The van der Waals surface area contributed by atoms with E-state index in [1.54, 1.807) is 16.8 Å². The summed E-state index contributed by atoms with van der Waals surface area (Å²) in [4.78, 5) is 49.6. The van der Waals surface area contributed by atoms with Crippen molar-refractivity contribution in [1.29, 1.82) is 0 Å². The Morgan fingerprint density at radius 3 is 2.36 bits per heavy atom. The van der Waals surface area contributed by atoms with Crippen molar-refractivity contribution >= 4 is 62.6 Å². The monoisotopic (exact) mass is 860 g/mol. The molecule has 3 aromatic carbocycles. The molecule has 9 rings (SSSR count). The summed E-state index contributed by atoms with van der Waals surface area (Å²) in [7, 11) is 0. The van der Waals surface area contributed by atoms with Gasteiger partial charge in [0.25, 0.3) is 6.01 Å². The van der Waals surface area contributed by atoms with Gasteiger partial charge in [-0.3, -0.25) is 9.59 Å². The van der Waals surface area contributed by atoms with Gasteiger partial charge in [-0.2, -0.15) is 15.2 Å². The van der Waals surface area contributed by atoms with Crippen LogP contribution in [0.25, 0.3) is 55.7 Å². The van der Waals surface area contributed by atoms with E-state index in [-0.39, 0.29) is 23.9 Å². The van der Waals surface area contributed by atoms with Gasteiger partial charge < -0.3 is 36.6 Å². The number of anilines is 3.